The van der Waals surface area contributed by atoms with E-state index < -0.39 is 5.91 Å². The highest BCUT2D eigenvalue weighted by molar-refractivity contribution is 6.30. The van der Waals surface area contributed by atoms with Gasteiger partial charge in [-0.15, -0.1) is 0 Å². The maximum atomic E-state index is 10.9. The van der Waals surface area contributed by atoms with Gasteiger partial charge in [-0.3, -0.25) is 4.79 Å². The molecule has 2 aromatic rings. The van der Waals surface area contributed by atoms with Gasteiger partial charge < -0.3 is 5.73 Å². The number of hydrogen-bond donors (Lipinski definition) is 1. The first kappa shape index (κ1) is 11.2. The highest BCUT2D eigenvalue weighted by Gasteiger charge is 2.09. The Bertz CT molecular complexity index is 627. The van der Waals surface area contributed by atoms with Crippen LogP contribution < -0.4 is 5.73 Å². The van der Waals surface area contributed by atoms with Gasteiger partial charge in [0.2, 0.25) is 0 Å². The van der Waals surface area contributed by atoms with Gasteiger partial charge in [0, 0.05) is 11.2 Å². The summed E-state index contributed by atoms with van der Waals surface area (Å²) in [6.45, 7) is 0. The molecule has 0 aliphatic heterocycles. The van der Waals surface area contributed by atoms with Gasteiger partial charge in [0.25, 0.3) is 5.91 Å². The summed E-state index contributed by atoms with van der Waals surface area (Å²) in [6.07, 6.45) is 2.79. The third-order valence-corrected chi connectivity index (χ3v) is 2.43. The zero-order valence-corrected chi connectivity index (χ0v) is 9.35. The number of carbonyl (C=O) groups is 1. The van der Waals surface area contributed by atoms with E-state index >= 15 is 0 Å². The Hall–Kier alpha value is -2.32. The summed E-state index contributed by atoms with van der Waals surface area (Å²) in [4.78, 5) is 10.9. The van der Waals surface area contributed by atoms with Crippen LogP contribution in [0.2, 0.25) is 5.02 Å². The zero-order valence-electron chi connectivity index (χ0n) is 8.59. The van der Waals surface area contributed by atoms with E-state index in [1.54, 1.807) is 18.2 Å². The molecule has 0 fully saturated rings. The molecule has 0 bridgehead atoms. The summed E-state index contributed by atoms with van der Waals surface area (Å²) in [6, 6.07) is 6.82. The summed E-state index contributed by atoms with van der Waals surface area (Å²) in [5.74, 6) is -0.572. The topological polar surface area (TPSA) is 84.7 Å². The summed E-state index contributed by atoms with van der Waals surface area (Å²) in [5, 5.41) is 13.4. The number of rotatable bonds is 2. The minimum atomic E-state index is -0.572. The van der Waals surface area contributed by atoms with E-state index in [1.165, 1.54) is 17.1 Å². The molecular weight excluding hydrogens is 240 g/mol. The number of amides is 1. The Balaban J connectivity index is 2.56. The average Bonchev–Trinajstić information content (AvgIpc) is 2.78. The molecule has 1 aromatic carbocycles. The standard InChI is InChI=1S/C11H7ClN4O/c12-9-2-1-7(4-13)10(3-9)16-6-8(5-15-16)11(14)17/h1-3,5-6H,(H2,14,17). The van der Waals surface area contributed by atoms with Gasteiger partial charge in [-0.2, -0.15) is 10.4 Å². The summed E-state index contributed by atoms with van der Waals surface area (Å²) in [5.41, 5.74) is 6.31. The molecule has 2 N–H and O–H groups in total. The van der Waals surface area contributed by atoms with Gasteiger partial charge in [0.1, 0.15) is 6.07 Å². The van der Waals surface area contributed by atoms with Crippen LogP contribution in [-0.2, 0) is 0 Å². The van der Waals surface area contributed by atoms with E-state index in [2.05, 4.69) is 5.10 Å². The van der Waals surface area contributed by atoms with Gasteiger partial charge in [-0.25, -0.2) is 4.68 Å². The molecule has 6 heteroatoms. The van der Waals surface area contributed by atoms with Gasteiger partial charge in [0.05, 0.1) is 23.0 Å². The van der Waals surface area contributed by atoms with E-state index in [1.807, 2.05) is 6.07 Å². The number of hydrogen-bond acceptors (Lipinski definition) is 3. The molecule has 1 aromatic heterocycles. The van der Waals surface area contributed by atoms with Gasteiger partial charge >= 0.3 is 0 Å². The van der Waals surface area contributed by atoms with Crippen LogP contribution in [0.1, 0.15) is 15.9 Å². The minimum Gasteiger partial charge on any atom is -0.366 e. The number of nitriles is 1. The highest BCUT2D eigenvalue weighted by atomic mass is 35.5. The fourth-order valence-electron chi connectivity index (χ4n) is 1.37. The maximum absolute atomic E-state index is 10.9. The predicted molar refractivity (Wildman–Crippen MR) is 61.8 cm³/mol. The third kappa shape index (κ3) is 2.12. The van der Waals surface area contributed by atoms with Gasteiger partial charge in [-0.05, 0) is 18.2 Å². The van der Waals surface area contributed by atoms with Crippen molar-refractivity contribution in [3.8, 4) is 11.8 Å². The molecular formula is C11H7ClN4O. The molecule has 1 amide bonds. The predicted octanol–water partition coefficient (Wildman–Crippen LogP) is 1.50. The lowest BCUT2D eigenvalue weighted by Crippen LogP contribution is -2.09. The highest BCUT2D eigenvalue weighted by Crippen LogP contribution is 2.19. The largest absolute Gasteiger partial charge is 0.366 e. The van der Waals surface area contributed by atoms with Gasteiger partial charge in [-0.1, -0.05) is 11.6 Å². The fraction of sp³-hybridized carbons (Fsp3) is 0. The van der Waals surface area contributed by atoms with Crippen molar-refractivity contribution >= 4 is 17.5 Å². The molecule has 0 saturated carbocycles. The van der Waals surface area contributed by atoms with Crippen LogP contribution in [0.25, 0.3) is 5.69 Å². The summed E-state index contributed by atoms with van der Waals surface area (Å²) >= 11 is 5.85. The van der Waals surface area contributed by atoms with Crippen molar-refractivity contribution in [2.75, 3.05) is 0 Å². The van der Waals surface area contributed by atoms with Gasteiger partial charge in [0.15, 0.2) is 0 Å². The average molecular weight is 247 g/mol. The first-order valence-electron chi connectivity index (χ1n) is 4.66. The molecule has 0 aliphatic rings. The van der Waals surface area contributed by atoms with Crippen LogP contribution in [0.15, 0.2) is 30.6 Å². The monoisotopic (exact) mass is 246 g/mol. The van der Waals surface area contributed by atoms with Crippen LogP contribution >= 0.6 is 11.6 Å². The molecule has 0 spiro atoms. The molecule has 1 heterocycles. The molecule has 5 nitrogen and oxygen atoms in total. The SMILES string of the molecule is N#Cc1ccc(Cl)cc1-n1cc(C(N)=O)cn1. The number of benzene rings is 1. The molecule has 2 rings (SSSR count). The van der Waals surface area contributed by atoms with E-state index in [4.69, 9.17) is 22.6 Å². The van der Waals surface area contributed by atoms with Crippen molar-refractivity contribution in [1.29, 1.82) is 5.26 Å². The Kier molecular flexibility index (Phi) is 2.81. The zero-order chi connectivity index (χ0) is 12.4. The number of primary amides is 1. The number of carbonyl (C=O) groups excluding carboxylic acids is 1. The number of halogens is 1. The molecule has 17 heavy (non-hydrogen) atoms. The number of nitrogens with zero attached hydrogens (tertiary/aromatic N) is 3. The second-order valence-corrected chi connectivity index (χ2v) is 3.75. The summed E-state index contributed by atoms with van der Waals surface area (Å²) < 4.78 is 1.39. The lowest BCUT2D eigenvalue weighted by Gasteiger charge is -2.03. The minimum absolute atomic E-state index is 0.272. The second kappa shape index (κ2) is 4.28. The Morgan fingerprint density at radius 1 is 1.53 bits per heavy atom. The van der Waals surface area contributed by atoms with Crippen molar-refractivity contribution < 1.29 is 4.79 Å². The van der Waals surface area contributed by atoms with Crippen LogP contribution in [0, 0.1) is 11.3 Å². The maximum Gasteiger partial charge on any atom is 0.251 e. The first-order valence-corrected chi connectivity index (χ1v) is 5.04. The number of aromatic nitrogens is 2. The molecule has 0 saturated heterocycles. The van der Waals surface area contributed by atoms with Crippen molar-refractivity contribution in [2.24, 2.45) is 5.73 Å². The molecule has 0 unspecified atom stereocenters. The van der Waals surface area contributed by atoms with Crippen molar-refractivity contribution in [2.45, 2.75) is 0 Å². The van der Waals surface area contributed by atoms with E-state index in [-0.39, 0.29) is 5.56 Å². The normalized spacial score (nSPS) is 9.88. The smallest absolute Gasteiger partial charge is 0.251 e. The van der Waals surface area contributed by atoms with Crippen molar-refractivity contribution in [1.82, 2.24) is 9.78 Å². The first-order chi connectivity index (χ1) is 8.11. The summed E-state index contributed by atoms with van der Waals surface area (Å²) in [7, 11) is 0. The number of nitrogens with two attached hydrogens (primary N) is 1. The lowest BCUT2D eigenvalue weighted by molar-refractivity contribution is 0.100. The van der Waals surface area contributed by atoms with Crippen LogP contribution in [0.3, 0.4) is 0 Å². The van der Waals surface area contributed by atoms with E-state index in [9.17, 15) is 4.79 Å². The Morgan fingerprint density at radius 3 is 2.88 bits per heavy atom. The van der Waals surface area contributed by atoms with Crippen molar-refractivity contribution in [3.63, 3.8) is 0 Å². The van der Waals surface area contributed by atoms with Crippen molar-refractivity contribution in [3.05, 3.63) is 46.7 Å². The Morgan fingerprint density at radius 2 is 2.29 bits per heavy atom. The Labute approximate surface area is 102 Å². The molecule has 0 atom stereocenters. The van der Waals surface area contributed by atoms with E-state index in [0.717, 1.165) is 0 Å². The second-order valence-electron chi connectivity index (χ2n) is 3.31. The molecule has 84 valence electrons. The lowest BCUT2D eigenvalue weighted by atomic mass is 10.2. The van der Waals surface area contributed by atoms with Crippen LogP contribution in [-0.4, -0.2) is 15.7 Å². The third-order valence-electron chi connectivity index (χ3n) is 2.19. The van der Waals surface area contributed by atoms with Crippen LogP contribution in [0.4, 0.5) is 0 Å². The molecule has 0 aliphatic carbocycles. The fourth-order valence-corrected chi connectivity index (χ4v) is 1.54. The van der Waals surface area contributed by atoms with Crippen LogP contribution in [0.5, 0.6) is 0 Å². The van der Waals surface area contributed by atoms with E-state index in [0.29, 0.717) is 16.3 Å². The molecule has 0 radical (unpaired) electrons. The quantitative estimate of drug-likeness (QED) is 0.871.